The lowest BCUT2D eigenvalue weighted by Crippen LogP contribution is -2.38. The second kappa shape index (κ2) is 7.48. The highest BCUT2D eigenvalue weighted by atomic mass is 19.3. The van der Waals surface area contributed by atoms with Gasteiger partial charge in [-0.05, 0) is 5.56 Å². The van der Waals surface area contributed by atoms with Crippen molar-refractivity contribution in [2.45, 2.75) is 24.9 Å². The fourth-order valence-corrected chi connectivity index (χ4v) is 1.59. The van der Waals surface area contributed by atoms with Crippen molar-refractivity contribution in [3.8, 4) is 0 Å². The molecule has 0 aliphatic carbocycles. The van der Waals surface area contributed by atoms with Gasteiger partial charge in [0.2, 0.25) is 6.10 Å². The molecule has 0 aromatic heterocycles. The second-order valence-corrected chi connectivity index (χ2v) is 4.28. The van der Waals surface area contributed by atoms with E-state index in [1.807, 2.05) is 0 Å². The average Bonchev–Trinajstić information content (AvgIpc) is 2.50. The zero-order valence-electron chi connectivity index (χ0n) is 11.6. The van der Waals surface area contributed by atoms with Crippen LogP contribution in [-0.4, -0.2) is 36.0 Å². The van der Waals surface area contributed by atoms with Crippen molar-refractivity contribution < 1.29 is 37.7 Å². The first-order valence-electron chi connectivity index (χ1n) is 6.21. The summed E-state index contributed by atoms with van der Waals surface area (Å²) in [6, 6.07) is 6.79. The maximum atomic E-state index is 13.8. The Morgan fingerprint density at radius 3 is 2.18 bits per heavy atom. The highest BCUT2D eigenvalue weighted by Crippen LogP contribution is 2.35. The van der Waals surface area contributed by atoms with Crippen LogP contribution in [0.15, 0.2) is 30.3 Å². The van der Waals surface area contributed by atoms with E-state index < -0.39 is 36.4 Å². The number of carbonyl (C=O) groups is 3. The molecule has 22 heavy (non-hydrogen) atoms. The van der Waals surface area contributed by atoms with E-state index in [1.165, 1.54) is 24.3 Å². The molecular formula is C14H14F2O6. The van der Waals surface area contributed by atoms with E-state index in [9.17, 15) is 23.2 Å². The Morgan fingerprint density at radius 2 is 1.68 bits per heavy atom. The summed E-state index contributed by atoms with van der Waals surface area (Å²) in [4.78, 5) is 33.2. The van der Waals surface area contributed by atoms with Gasteiger partial charge in [-0.3, -0.25) is 9.59 Å². The lowest BCUT2D eigenvalue weighted by Gasteiger charge is -2.23. The van der Waals surface area contributed by atoms with Crippen LogP contribution in [0.5, 0.6) is 0 Å². The number of benzene rings is 1. The Hall–Kier alpha value is -2.51. The molecular weight excluding hydrogens is 302 g/mol. The number of aliphatic carboxylic acids is 1. The lowest BCUT2D eigenvalue weighted by molar-refractivity contribution is -0.195. The normalized spacial score (nSPS) is 12.3. The predicted molar refractivity (Wildman–Crippen MR) is 69.1 cm³/mol. The Labute approximate surface area is 124 Å². The summed E-state index contributed by atoms with van der Waals surface area (Å²) in [6.07, 6.45) is -3.13. The van der Waals surface area contributed by atoms with E-state index >= 15 is 0 Å². The molecule has 1 N–H and O–H groups in total. The number of alkyl halides is 2. The maximum Gasteiger partial charge on any atom is 0.382 e. The number of carboxylic acids is 1. The Morgan fingerprint density at radius 1 is 1.14 bits per heavy atom. The smallest absolute Gasteiger partial charge is 0.382 e. The summed E-state index contributed by atoms with van der Waals surface area (Å²) in [5.41, 5.74) is -0.165. The van der Waals surface area contributed by atoms with Crippen molar-refractivity contribution in [2.75, 3.05) is 7.11 Å². The summed E-state index contributed by atoms with van der Waals surface area (Å²) in [5, 5.41) is 8.63. The molecule has 6 nitrogen and oxygen atoms in total. The van der Waals surface area contributed by atoms with E-state index in [4.69, 9.17) is 5.11 Å². The minimum Gasteiger partial charge on any atom is -0.477 e. The number of esters is 2. The van der Waals surface area contributed by atoms with Gasteiger partial charge in [-0.2, -0.15) is 8.78 Å². The Balaban J connectivity index is 2.91. The van der Waals surface area contributed by atoms with Crippen LogP contribution in [0.25, 0.3) is 0 Å². The summed E-state index contributed by atoms with van der Waals surface area (Å²) >= 11 is 0. The molecule has 0 radical (unpaired) electrons. The summed E-state index contributed by atoms with van der Waals surface area (Å²) in [7, 11) is 1.11. The Kier molecular flexibility index (Phi) is 5.97. The molecule has 1 unspecified atom stereocenters. The lowest BCUT2D eigenvalue weighted by atomic mass is 10.0. The van der Waals surface area contributed by atoms with Crippen LogP contribution in [0.3, 0.4) is 0 Å². The number of ether oxygens (including phenoxy) is 2. The van der Waals surface area contributed by atoms with Crippen LogP contribution >= 0.6 is 0 Å². The van der Waals surface area contributed by atoms with Crippen LogP contribution in [0.2, 0.25) is 0 Å². The minimum absolute atomic E-state index is 0.165. The van der Waals surface area contributed by atoms with E-state index in [0.717, 1.165) is 7.11 Å². The van der Waals surface area contributed by atoms with Gasteiger partial charge in [0, 0.05) is 0 Å². The monoisotopic (exact) mass is 316 g/mol. The van der Waals surface area contributed by atoms with Gasteiger partial charge in [0.05, 0.1) is 20.0 Å². The number of hydrogen-bond acceptors (Lipinski definition) is 5. The molecule has 0 spiro atoms. The predicted octanol–water partition coefficient (Wildman–Crippen LogP) is 1.94. The average molecular weight is 316 g/mol. The molecule has 0 aliphatic heterocycles. The molecule has 0 bridgehead atoms. The van der Waals surface area contributed by atoms with Crippen LogP contribution < -0.4 is 0 Å². The number of carboxylic acid groups (broad SMARTS) is 1. The van der Waals surface area contributed by atoms with Gasteiger partial charge in [0.15, 0.2) is 0 Å². The third-order valence-electron chi connectivity index (χ3n) is 2.73. The van der Waals surface area contributed by atoms with Gasteiger partial charge in [-0.15, -0.1) is 0 Å². The van der Waals surface area contributed by atoms with Crippen molar-refractivity contribution in [1.29, 1.82) is 0 Å². The van der Waals surface area contributed by atoms with E-state index in [-0.39, 0.29) is 12.0 Å². The molecule has 0 fully saturated rings. The number of hydrogen-bond donors (Lipinski definition) is 1. The highest BCUT2D eigenvalue weighted by Gasteiger charge is 2.51. The molecule has 1 rings (SSSR count). The topological polar surface area (TPSA) is 89.9 Å². The summed E-state index contributed by atoms with van der Waals surface area (Å²) < 4.78 is 36.4. The van der Waals surface area contributed by atoms with Gasteiger partial charge < -0.3 is 14.6 Å². The molecule has 8 heteroatoms. The van der Waals surface area contributed by atoms with Crippen molar-refractivity contribution in [2.24, 2.45) is 0 Å². The number of halogens is 2. The highest BCUT2D eigenvalue weighted by molar-refractivity contribution is 5.79. The van der Waals surface area contributed by atoms with Crippen LogP contribution in [0.4, 0.5) is 8.78 Å². The van der Waals surface area contributed by atoms with Gasteiger partial charge in [0.1, 0.15) is 0 Å². The molecule has 0 amide bonds. The number of carbonyl (C=O) groups excluding carboxylic acids is 2. The van der Waals surface area contributed by atoms with E-state index in [1.54, 1.807) is 6.07 Å². The van der Waals surface area contributed by atoms with Gasteiger partial charge in [0.25, 0.3) is 0 Å². The quantitative estimate of drug-likeness (QED) is 0.773. The fraction of sp³-hybridized carbons (Fsp3) is 0.357. The third kappa shape index (κ3) is 4.51. The second-order valence-electron chi connectivity index (χ2n) is 4.28. The molecule has 0 saturated carbocycles. The van der Waals surface area contributed by atoms with Crippen LogP contribution in [-0.2, 0) is 23.9 Å². The maximum absolute atomic E-state index is 13.8. The first-order chi connectivity index (χ1) is 10.3. The van der Waals surface area contributed by atoms with Crippen molar-refractivity contribution in [3.63, 3.8) is 0 Å². The first kappa shape index (κ1) is 17.5. The molecule has 0 aliphatic rings. The SMILES string of the molecule is COC(=O)CCC(=O)OC(c1ccccc1)C(F)(F)C(=O)O. The molecule has 0 saturated heterocycles. The van der Waals surface area contributed by atoms with E-state index in [0.29, 0.717) is 0 Å². The summed E-state index contributed by atoms with van der Waals surface area (Å²) in [5.74, 6) is -8.55. The zero-order chi connectivity index (χ0) is 16.8. The number of methoxy groups -OCH3 is 1. The van der Waals surface area contributed by atoms with Crippen molar-refractivity contribution in [1.82, 2.24) is 0 Å². The van der Waals surface area contributed by atoms with Crippen molar-refractivity contribution in [3.05, 3.63) is 35.9 Å². The molecule has 1 aromatic rings. The fourth-order valence-electron chi connectivity index (χ4n) is 1.59. The minimum atomic E-state index is -4.30. The summed E-state index contributed by atoms with van der Waals surface area (Å²) in [6.45, 7) is 0. The molecule has 1 atom stereocenters. The number of rotatable bonds is 7. The van der Waals surface area contributed by atoms with Crippen molar-refractivity contribution >= 4 is 17.9 Å². The Bertz CT molecular complexity index is 544. The van der Waals surface area contributed by atoms with Crippen LogP contribution in [0.1, 0.15) is 24.5 Å². The zero-order valence-corrected chi connectivity index (χ0v) is 11.6. The van der Waals surface area contributed by atoms with E-state index in [2.05, 4.69) is 9.47 Å². The largest absolute Gasteiger partial charge is 0.477 e. The molecule has 1 aromatic carbocycles. The van der Waals surface area contributed by atoms with Gasteiger partial charge in [-0.25, -0.2) is 4.79 Å². The standard InChI is InChI=1S/C14H14F2O6/c1-21-10(17)7-8-11(18)22-12(14(15,16)13(19)20)9-5-3-2-4-6-9/h2-6,12H,7-8H2,1H3,(H,19,20). The first-order valence-corrected chi connectivity index (χ1v) is 6.21. The van der Waals surface area contributed by atoms with Gasteiger partial charge in [-0.1, -0.05) is 30.3 Å². The molecule has 0 heterocycles. The van der Waals surface area contributed by atoms with Gasteiger partial charge >= 0.3 is 23.8 Å². The third-order valence-corrected chi connectivity index (χ3v) is 2.73. The molecule has 120 valence electrons. The van der Waals surface area contributed by atoms with Crippen LogP contribution in [0, 0.1) is 0 Å².